The van der Waals surface area contributed by atoms with Crippen molar-refractivity contribution in [2.24, 2.45) is 0 Å². The summed E-state index contributed by atoms with van der Waals surface area (Å²) in [6.45, 7) is 0. The molecule has 20 heavy (non-hydrogen) atoms. The number of rotatable bonds is 1. The van der Waals surface area contributed by atoms with Gasteiger partial charge in [-0.05, 0) is 46.9 Å². The number of benzene rings is 1. The molecule has 0 unspecified atom stereocenters. The Morgan fingerprint density at radius 3 is 2.75 bits per heavy atom. The molecule has 0 radical (unpaired) electrons. The Labute approximate surface area is 125 Å². The summed E-state index contributed by atoms with van der Waals surface area (Å²) in [5, 5.41) is 9.49. The molecule has 0 amide bonds. The average molecular weight is 382 g/mol. The van der Waals surface area contributed by atoms with E-state index in [0.29, 0.717) is 11.0 Å². The summed E-state index contributed by atoms with van der Waals surface area (Å²) in [7, 11) is 0. The van der Waals surface area contributed by atoms with E-state index < -0.39 is 5.97 Å². The minimum Gasteiger partial charge on any atom is -0.478 e. The van der Waals surface area contributed by atoms with Crippen molar-refractivity contribution in [3.05, 3.63) is 43.6 Å². The summed E-state index contributed by atoms with van der Waals surface area (Å²) in [5.41, 5.74) is 5.44. The van der Waals surface area contributed by atoms with Gasteiger partial charge in [0.25, 0.3) is 0 Å². The maximum Gasteiger partial charge on any atom is 0.339 e. The third kappa shape index (κ3) is 1.90. The van der Waals surface area contributed by atoms with Crippen LogP contribution in [0, 0.1) is 3.57 Å². The molecule has 0 saturated heterocycles. The molecule has 1 aromatic carbocycles. The molecular weight excluding hydrogens is 375 g/mol. The van der Waals surface area contributed by atoms with Crippen LogP contribution < -0.4 is 11.2 Å². The lowest BCUT2D eigenvalue weighted by molar-refractivity contribution is 0.0698. The minimum atomic E-state index is -1.24. The maximum atomic E-state index is 12.3. The Bertz CT molecular complexity index is 933. The van der Waals surface area contributed by atoms with E-state index in [4.69, 9.17) is 15.3 Å². The smallest absolute Gasteiger partial charge is 0.339 e. The van der Waals surface area contributed by atoms with Gasteiger partial charge >= 0.3 is 5.97 Å². The summed E-state index contributed by atoms with van der Waals surface area (Å²) >= 11 is 2.10. The Balaban J connectivity index is 2.50. The quantitative estimate of drug-likeness (QED) is 0.494. The summed E-state index contributed by atoms with van der Waals surface area (Å²) in [6, 6.07) is 6.32. The first kappa shape index (κ1) is 12.9. The van der Waals surface area contributed by atoms with Crippen molar-refractivity contribution >= 4 is 56.4 Å². The van der Waals surface area contributed by atoms with Gasteiger partial charge in [0, 0.05) is 3.57 Å². The Morgan fingerprint density at radius 1 is 1.30 bits per heavy atom. The number of pyridine rings is 1. The topological polar surface area (TPSA) is 106 Å². The van der Waals surface area contributed by atoms with Crippen LogP contribution in [0.5, 0.6) is 0 Å². The summed E-state index contributed by atoms with van der Waals surface area (Å²) in [6.07, 6.45) is 0. The van der Waals surface area contributed by atoms with Gasteiger partial charge in [0.1, 0.15) is 17.0 Å². The number of halogens is 1. The zero-order valence-electron chi connectivity index (χ0n) is 9.88. The van der Waals surface area contributed by atoms with Crippen LogP contribution in [-0.2, 0) is 0 Å². The molecule has 0 saturated carbocycles. The van der Waals surface area contributed by atoms with Crippen molar-refractivity contribution in [1.29, 1.82) is 0 Å². The number of aromatic nitrogens is 1. The number of nitrogens with two attached hydrogens (primary N) is 1. The first-order valence-electron chi connectivity index (χ1n) is 5.53. The monoisotopic (exact) mass is 382 g/mol. The predicted molar refractivity (Wildman–Crippen MR) is 81.9 cm³/mol. The number of carboxylic acid groups (broad SMARTS) is 1. The van der Waals surface area contributed by atoms with Crippen LogP contribution in [0.25, 0.3) is 22.1 Å². The molecule has 7 heteroatoms. The summed E-state index contributed by atoms with van der Waals surface area (Å²) in [4.78, 5) is 27.2. The number of anilines is 1. The van der Waals surface area contributed by atoms with Crippen LogP contribution in [0.15, 0.2) is 33.5 Å². The number of carbonyl (C=O) groups is 1. The first-order chi connectivity index (χ1) is 9.47. The normalized spacial score (nSPS) is 11.1. The number of hydrogen-bond donors (Lipinski definition) is 2. The molecule has 100 valence electrons. The van der Waals surface area contributed by atoms with E-state index in [-0.39, 0.29) is 27.9 Å². The third-order valence-corrected chi connectivity index (χ3v) is 3.56. The van der Waals surface area contributed by atoms with E-state index in [1.165, 1.54) is 6.07 Å². The van der Waals surface area contributed by atoms with E-state index in [0.717, 1.165) is 3.57 Å². The van der Waals surface area contributed by atoms with Crippen LogP contribution in [0.4, 0.5) is 5.82 Å². The van der Waals surface area contributed by atoms with Gasteiger partial charge < -0.3 is 15.3 Å². The zero-order chi connectivity index (χ0) is 14.4. The van der Waals surface area contributed by atoms with E-state index in [9.17, 15) is 9.59 Å². The van der Waals surface area contributed by atoms with Crippen LogP contribution in [-0.4, -0.2) is 16.1 Å². The molecule has 0 fully saturated rings. The third-order valence-electron chi connectivity index (χ3n) is 2.89. The van der Waals surface area contributed by atoms with Crippen LogP contribution >= 0.6 is 22.6 Å². The molecule has 2 heterocycles. The number of nitrogens with zero attached hydrogens (tertiary/aromatic N) is 1. The van der Waals surface area contributed by atoms with E-state index >= 15 is 0 Å². The van der Waals surface area contributed by atoms with Gasteiger partial charge in [-0.3, -0.25) is 4.79 Å². The summed E-state index contributed by atoms with van der Waals surface area (Å²) in [5.74, 6) is -1.42. The number of carboxylic acids is 1. The minimum absolute atomic E-state index is 0.0343. The molecule has 3 N–H and O–H groups in total. The fraction of sp³-hybridized carbons (Fsp3) is 0. The van der Waals surface area contributed by atoms with Crippen LogP contribution in [0.2, 0.25) is 0 Å². The van der Waals surface area contributed by atoms with Crippen molar-refractivity contribution in [2.75, 3.05) is 5.73 Å². The molecule has 0 aliphatic heterocycles. The van der Waals surface area contributed by atoms with E-state index in [1.54, 1.807) is 18.2 Å². The first-order valence-corrected chi connectivity index (χ1v) is 6.61. The number of fused-ring (bicyclic) bond motifs is 2. The van der Waals surface area contributed by atoms with E-state index in [2.05, 4.69) is 27.6 Å². The van der Waals surface area contributed by atoms with Crippen molar-refractivity contribution in [1.82, 2.24) is 4.98 Å². The van der Waals surface area contributed by atoms with E-state index in [1.807, 2.05) is 0 Å². The molecule has 3 rings (SSSR count). The van der Waals surface area contributed by atoms with Crippen molar-refractivity contribution in [2.45, 2.75) is 0 Å². The lowest BCUT2D eigenvalue weighted by Crippen LogP contribution is -2.09. The second-order valence-electron chi connectivity index (χ2n) is 4.15. The number of hydrogen-bond acceptors (Lipinski definition) is 5. The summed E-state index contributed by atoms with van der Waals surface area (Å²) < 4.78 is 6.44. The molecule has 6 nitrogen and oxygen atoms in total. The molecule has 0 spiro atoms. The van der Waals surface area contributed by atoms with Gasteiger partial charge in [-0.15, -0.1) is 0 Å². The average Bonchev–Trinajstić information content (AvgIpc) is 2.37. The molecule has 0 bridgehead atoms. The molecule has 0 aliphatic rings. The van der Waals surface area contributed by atoms with Crippen molar-refractivity contribution < 1.29 is 14.3 Å². The Kier molecular flexibility index (Phi) is 2.85. The second kappa shape index (κ2) is 4.44. The molecule has 3 aromatic rings. The lowest BCUT2D eigenvalue weighted by atomic mass is 10.1. The van der Waals surface area contributed by atoms with Crippen LogP contribution in [0.3, 0.4) is 0 Å². The standard InChI is InChI=1S/C13H7IN2O4/c14-5-1-2-6-9(3-5)20-12-7(10(6)17)4-8(13(18)19)11(15)16-12/h1-4H,(H2,15,16)(H,18,19). The largest absolute Gasteiger partial charge is 0.478 e. The highest BCUT2D eigenvalue weighted by molar-refractivity contribution is 14.1. The van der Waals surface area contributed by atoms with Gasteiger partial charge in [-0.2, -0.15) is 4.98 Å². The molecular formula is C13H7IN2O4. The van der Waals surface area contributed by atoms with Gasteiger partial charge in [0.05, 0.1) is 10.8 Å². The van der Waals surface area contributed by atoms with Crippen molar-refractivity contribution in [3.8, 4) is 0 Å². The van der Waals surface area contributed by atoms with Crippen LogP contribution in [0.1, 0.15) is 10.4 Å². The fourth-order valence-electron chi connectivity index (χ4n) is 1.94. The van der Waals surface area contributed by atoms with Gasteiger partial charge in [0.15, 0.2) is 0 Å². The number of nitrogen functional groups attached to an aromatic ring is 1. The highest BCUT2D eigenvalue weighted by atomic mass is 127. The molecule has 2 aromatic heterocycles. The van der Waals surface area contributed by atoms with Gasteiger partial charge in [0.2, 0.25) is 11.1 Å². The SMILES string of the molecule is Nc1nc2oc3cc(I)ccc3c(=O)c2cc1C(=O)O. The van der Waals surface area contributed by atoms with Gasteiger partial charge in [-0.25, -0.2) is 4.79 Å². The maximum absolute atomic E-state index is 12.3. The molecule has 0 atom stereocenters. The highest BCUT2D eigenvalue weighted by Crippen LogP contribution is 2.22. The zero-order valence-corrected chi connectivity index (χ0v) is 12.0. The van der Waals surface area contributed by atoms with Crippen molar-refractivity contribution in [3.63, 3.8) is 0 Å². The van der Waals surface area contributed by atoms with Gasteiger partial charge in [-0.1, -0.05) is 0 Å². The number of aromatic carboxylic acids is 1. The highest BCUT2D eigenvalue weighted by Gasteiger charge is 2.15. The molecule has 0 aliphatic carbocycles. The fourth-order valence-corrected chi connectivity index (χ4v) is 2.40. The second-order valence-corrected chi connectivity index (χ2v) is 5.40. The Morgan fingerprint density at radius 2 is 2.05 bits per heavy atom. The lowest BCUT2D eigenvalue weighted by Gasteiger charge is -2.04. The predicted octanol–water partition coefficient (Wildman–Crippen LogP) is 2.23. The Hall–Kier alpha value is -2.16.